The lowest BCUT2D eigenvalue weighted by Gasteiger charge is -2.29. The Hall–Kier alpha value is -1.07. The normalized spacial score (nSPS) is 23.5. The highest BCUT2D eigenvalue weighted by Gasteiger charge is 2.22. The molecular formula is C15H23NO3S. The van der Waals surface area contributed by atoms with E-state index >= 15 is 0 Å². The van der Waals surface area contributed by atoms with Gasteiger partial charge in [0.05, 0.1) is 22.4 Å². The molecule has 20 heavy (non-hydrogen) atoms. The summed E-state index contributed by atoms with van der Waals surface area (Å²) in [6.07, 6.45) is 2.67. The predicted molar refractivity (Wildman–Crippen MR) is 80.8 cm³/mol. The summed E-state index contributed by atoms with van der Waals surface area (Å²) in [5.74, 6) is 0.190. The molecule has 1 aliphatic rings. The highest BCUT2D eigenvalue weighted by atomic mass is 32.2. The zero-order valence-electron chi connectivity index (χ0n) is 12.1. The molecule has 0 aliphatic carbocycles. The van der Waals surface area contributed by atoms with Crippen molar-refractivity contribution in [3.63, 3.8) is 0 Å². The molecule has 2 atom stereocenters. The molecule has 0 aromatic heterocycles. The molecule has 5 heteroatoms. The van der Waals surface area contributed by atoms with Gasteiger partial charge in [-0.3, -0.25) is 0 Å². The molecule has 1 aromatic carbocycles. The summed E-state index contributed by atoms with van der Waals surface area (Å²) >= 11 is 0. The van der Waals surface area contributed by atoms with Gasteiger partial charge < -0.3 is 10.1 Å². The van der Waals surface area contributed by atoms with Crippen molar-refractivity contribution in [2.75, 3.05) is 17.7 Å². The molecule has 4 nitrogen and oxygen atoms in total. The van der Waals surface area contributed by atoms with Gasteiger partial charge in [-0.2, -0.15) is 0 Å². The van der Waals surface area contributed by atoms with Gasteiger partial charge in [0.1, 0.15) is 0 Å². The number of rotatable bonds is 5. The third-order valence-electron chi connectivity index (χ3n) is 3.54. The topological polar surface area (TPSA) is 55.4 Å². The van der Waals surface area contributed by atoms with Crippen LogP contribution in [0.25, 0.3) is 0 Å². The van der Waals surface area contributed by atoms with Gasteiger partial charge in [0, 0.05) is 12.6 Å². The first-order valence-electron chi connectivity index (χ1n) is 7.23. The third-order valence-corrected chi connectivity index (χ3v) is 5.51. The summed E-state index contributed by atoms with van der Waals surface area (Å²) in [5.41, 5.74) is 0.722. The Labute approximate surface area is 121 Å². The largest absolute Gasteiger partial charge is 0.381 e. The molecule has 1 heterocycles. The maximum atomic E-state index is 12.3. The minimum atomic E-state index is -3.20. The average Bonchev–Trinajstić information content (AvgIpc) is 2.39. The van der Waals surface area contributed by atoms with E-state index in [0.717, 1.165) is 25.1 Å². The van der Waals surface area contributed by atoms with Crippen molar-refractivity contribution in [3.05, 3.63) is 24.3 Å². The smallest absolute Gasteiger partial charge is 0.180 e. The SMILES string of the molecule is CCCS(=O)(=O)c1ccccc1NC1CCOC(C)C1. The van der Waals surface area contributed by atoms with Crippen LogP contribution in [0.2, 0.25) is 0 Å². The lowest BCUT2D eigenvalue weighted by molar-refractivity contribution is 0.0232. The van der Waals surface area contributed by atoms with Gasteiger partial charge in [-0.05, 0) is 38.3 Å². The molecule has 1 aromatic rings. The van der Waals surface area contributed by atoms with Gasteiger partial charge >= 0.3 is 0 Å². The van der Waals surface area contributed by atoms with Crippen LogP contribution in [0, 0.1) is 0 Å². The van der Waals surface area contributed by atoms with Crippen LogP contribution in [0.3, 0.4) is 0 Å². The number of para-hydroxylation sites is 1. The van der Waals surface area contributed by atoms with E-state index in [-0.39, 0.29) is 17.9 Å². The second-order valence-corrected chi connectivity index (χ2v) is 7.44. The molecule has 1 N–H and O–H groups in total. The van der Waals surface area contributed by atoms with E-state index in [0.29, 0.717) is 11.3 Å². The van der Waals surface area contributed by atoms with E-state index in [4.69, 9.17) is 4.74 Å². The van der Waals surface area contributed by atoms with Crippen LogP contribution in [0.5, 0.6) is 0 Å². The van der Waals surface area contributed by atoms with Gasteiger partial charge in [-0.1, -0.05) is 19.1 Å². The van der Waals surface area contributed by atoms with Crippen molar-refractivity contribution < 1.29 is 13.2 Å². The Bertz CT molecular complexity index is 542. The summed E-state index contributed by atoms with van der Waals surface area (Å²) in [7, 11) is -3.20. The van der Waals surface area contributed by atoms with Crippen molar-refractivity contribution in [1.29, 1.82) is 0 Å². The molecule has 2 rings (SSSR count). The van der Waals surface area contributed by atoms with Crippen molar-refractivity contribution >= 4 is 15.5 Å². The van der Waals surface area contributed by atoms with E-state index in [1.165, 1.54) is 0 Å². The van der Waals surface area contributed by atoms with Crippen LogP contribution in [-0.2, 0) is 14.6 Å². The Morgan fingerprint density at radius 1 is 1.35 bits per heavy atom. The molecular weight excluding hydrogens is 274 g/mol. The highest BCUT2D eigenvalue weighted by molar-refractivity contribution is 7.91. The summed E-state index contributed by atoms with van der Waals surface area (Å²) in [6.45, 7) is 4.66. The van der Waals surface area contributed by atoms with Gasteiger partial charge in [-0.15, -0.1) is 0 Å². The number of hydrogen-bond acceptors (Lipinski definition) is 4. The second kappa shape index (κ2) is 6.59. The molecule has 0 amide bonds. The van der Waals surface area contributed by atoms with Gasteiger partial charge in [-0.25, -0.2) is 8.42 Å². The number of ether oxygens (including phenoxy) is 1. The maximum absolute atomic E-state index is 12.3. The van der Waals surface area contributed by atoms with E-state index < -0.39 is 9.84 Å². The summed E-state index contributed by atoms with van der Waals surface area (Å²) in [6, 6.07) is 7.46. The van der Waals surface area contributed by atoms with E-state index in [1.54, 1.807) is 12.1 Å². The number of nitrogens with one attached hydrogen (secondary N) is 1. The summed E-state index contributed by atoms with van der Waals surface area (Å²) in [4.78, 5) is 0.418. The minimum absolute atomic E-state index is 0.190. The third kappa shape index (κ3) is 3.73. The van der Waals surface area contributed by atoms with Crippen LogP contribution >= 0.6 is 0 Å². The fraction of sp³-hybridized carbons (Fsp3) is 0.600. The van der Waals surface area contributed by atoms with Crippen molar-refractivity contribution in [3.8, 4) is 0 Å². The van der Waals surface area contributed by atoms with Crippen molar-refractivity contribution in [1.82, 2.24) is 0 Å². The fourth-order valence-corrected chi connectivity index (χ4v) is 4.09. The lowest BCUT2D eigenvalue weighted by Crippen LogP contribution is -2.33. The van der Waals surface area contributed by atoms with Crippen LogP contribution < -0.4 is 5.32 Å². The predicted octanol–water partition coefficient (Wildman–Crippen LogP) is 2.85. The number of sulfone groups is 1. The molecule has 1 aliphatic heterocycles. The molecule has 1 saturated heterocycles. The van der Waals surface area contributed by atoms with Crippen molar-refractivity contribution in [2.45, 2.75) is 50.2 Å². The maximum Gasteiger partial charge on any atom is 0.180 e. The quantitative estimate of drug-likeness (QED) is 0.908. The Morgan fingerprint density at radius 3 is 2.80 bits per heavy atom. The van der Waals surface area contributed by atoms with Gasteiger partial charge in [0.15, 0.2) is 9.84 Å². The number of hydrogen-bond donors (Lipinski definition) is 1. The van der Waals surface area contributed by atoms with Crippen molar-refractivity contribution in [2.24, 2.45) is 0 Å². The van der Waals surface area contributed by atoms with E-state index in [1.807, 2.05) is 26.0 Å². The Balaban J connectivity index is 2.20. The first-order chi connectivity index (χ1) is 9.53. The van der Waals surface area contributed by atoms with Gasteiger partial charge in [0.2, 0.25) is 0 Å². The first-order valence-corrected chi connectivity index (χ1v) is 8.88. The Kier molecular flexibility index (Phi) is 5.05. The highest BCUT2D eigenvalue weighted by Crippen LogP contribution is 2.26. The van der Waals surface area contributed by atoms with Crippen LogP contribution in [-0.4, -0.2) is 32.9 Å². The molecule has 112 valence electrons. The molecule has 1 fully saturated rings. The Morgan fingerprint density at radius 2 is 2.10 bits per heavy atom. The standard InChI is InChI=1S/C15H23NO3S/c1-3-10-20(17,18)15-7-5-4-6-14(15)16-13-8-9-19-12(2)11-13/h4-7,12-13,16H,3,8-11H2,1-2H3. The molecule has 0 saturated carbocycles. The van der Waals surface area contributed by atoms with E-state index in [2.05, 4.69) is 5.32 Å². The van der Waals surface area contributed by atoms with Gasteiger partial charge in [0.25, 0.3) is 0 Å². The van der Waals surface area contributed by atoms with Crippen LogP contribution in [0.1, 0.15) is 33.1 Å². The van der Waals surface area contributed by atoms with E-state index in [9.17, 15) is 8.42 Å². The summed E-state index contributed by atoms with van der Waals surface area (Å²) in [5, 5.41) is 3.39. The van der Waals surface area contributed by atoms with Crippen LogP contribution in [0.4, 0.5) is 5.69 Å². The number of benzene rings is 1. The monoisotopic (exact) mass is 297 g/mol. The average molecular weight is 297 g/mol. The first kappa shape index (κ1) is 15.3. The van der Waals surface area contributed by atoms with Crippen LogP contribution in [0.15, 0.2) is 29.2 Å². The number of anilines is 1. The zero-order valence-corrected chi connectivity index (χ0v) is 12.9. The molecule has 0 radical (unpaired) electrons. The molecule has 2 unspecified atom stereocenters. The lowest BCUT2D eigenvalue weighted by atomic mass is 10.0. The zero-order chi connectivity index (χ0) is 14.6. The fourth-order valence-electron chi connectivity index (χ4n) is 2.58. The second-order valence-electron chi connectivity index (χ2n) is 5.36. The minimum Gasteiger partial charge on any atom is -0.381 e. The molecule has 0 bridgehead atoms. The summed E-state index contributed by atoms with van der Waals surface area (Å²) < 4.78 is 30.1. The molecule has 0 spiro atoms.